The minimum absolute atomic E-state index is 0.0435. The zero-order valence-corrected chi connectivity index (χ0v) is 64.6. The summed E-state index contributed by atoms with van der Waals surface area (Å²) in [6.45, 7) is 19.5. The van der Waals surface area contributed by atoms with E-state index in [1.165, 1.54) is 33.3 Å². The fourth-order valence-corrected chi connectivity index (χ4v) is 13.6. The van der Waals surface area contributed by atoms with Gasteiger partial charge < -0.3 is 85.6 Å². The van der Waals surface area contributed by atoms with Crippen molar-refractivity contribution in [2.75, 3.05) is 108 Å². The van der Waals surface area contributed by atoms with Crippen LogP contribution in [0.5, 0.6) is 0 Å². The maximum Gasteiger partial charge on any atom is 0.325 e. The Labute approximate surface area is 666 Å². The van der Waals surface area contributed by atoms with Crippen LogP contribution in [0.3, 0.4) is 0 Å². The lowest BCUT2D eigenvalue weighted by atomic mass is 9.97. The molecule has 3 aromatic heterocycles. The molecule has 12 rings (SSSR count). The van der Waals surface area contributed by atoms with Crippen LogP contribution in [-0.4, -0.2) is 226 Å². The summed E-state index contributed by atoms with van der Waals surface area (Å²) in [7, 11) is 0. The van der Waals surface area contributed by atoms with Crippen LogP contribution in [0.1, 0.15) is 118 Å². The Morgan fingerprint density at radius 1 is 0.414 bits per heavy atom. The molecule has 0 saturated carbocycles. The van der Waals surface area contributed by atoms with E-state index in [1.54, 1.807) is 134 Å². The summed E-state index contributed by atoms with van der Waals surface area (Å²) in [6.07, 6.45) is 5.50. The van der Waals surface area contributed by atoms with E-state index >= 15 is 0 Å². The van der Waals surface area contributed by atoms with E-state index in [9.17, 15) is 67.1 Å². The number of hydrogen-bond donors (Lipinski definition) is 9. The zero-order chi connectivity index (χ0) is 83.0. The van der Waals surface area contributed by atoms with Crippen LogP contribution < -0.4 is 31.9 Å². The lowest BCUT2D eigenvalue weighted by molar-refractivity contribution is -0.143. The SMILES string of the molecule is CCOC(=O)CCNC(=O)Nc1cccc2c(C(=O)C(=O)N3CCN(C(=O)c4ccccc4)C[C@H]3C)c[nH]c12.CCOC(=O)CNC(=O)Nc1cccc2c(C(=O)C(=O)N3CCN(C(=O)c4ccccc4)C[C@H]3C)c[nH]c12.[C-]#[N+]C(=C1CCN(C(=O)C(=O)c2c[nH]c3c(NC(=O)NCCC(=O)OCC)cccc23)CC1)c1ccccc1. The van der Waals surface area contributed by atoms with E-state index in [0.717, 1.165) is 11.1 Å². The maximum absolute atomic E-state index is 13.3. The number of para-hydroxylation sites is 3. The number of likely N-dealkylation sites (tertiary alicyclic amines) is 1. The summed E-state index contributed by atoms with van der Waals surface area (Å²) in [6, 6.07) is 40.0. The number of amides is 11. The molecule has 3 saturated heterocycles. The number of nitrogens with one attached hydrogen (secondary N) is 9. The first kappa shape index (κ1) is 84.2. The minimum Gasteiger partial charge on any atom is -0.466 e. The van der Waals surface area contributed by atoms with Crippen molar-refractivity contribution in [2.45, 2.75) is 72.4 Å². The number of fused-ring (bicyclic) bond motifs is 3. The molecule has 0 unspecified atom stereocenters. The highest BCUT2D eigenvalue weighted by atomic mass is 16.5. The summed E-state index contributed by atoms with van der Waals surface area (Å²) in [5, 5.41) is 17.1. The largest absolute Gasteiger partial charge is 0.466 e. The van der Waals surface area contributed by atoms with E-state index in [4.69, 9.17) is 20.8 Å². The van der Waals surface area contributed by atoms with Crippen molar-refractivity contribution in [1.29, 1.82) is 0 Å². The van der Waals surface area contributed by atoms with E-state index in [0.29, 0.717) is 119 Å². The number of piperazine rings is 2. The number of piperidine rings is 1. The Balaban J connectivity index is 0.000000184. The van der Waals surface area contributed by atoms with E-state index in [2.05, 4.69) is 51.7 Å². The average Bonchev–Trinajstić information content (AvgIpc) is 1.62. The number of rotatable bonds is 23. The molecule has 3 aliphatic rings. The van der Waals surface area contributed by atoms with Gasteiger partial charge in [0.15, 0.2) is 5.70 Å². The number of aromatic amines is 3. The summed E-state index contributed by atoms with van der Waals surface area (Å²) < 4.78 is 14.4. The number of benzene rings is 6. The summed E-state index contributed by atoms with van der Waals surface area (Å²) in [4.78, 5) is 197. The highest BCUT2D eigenvalue weighted by molar-refractivity contribution is 6.46. The molecule has 32 heteroatoms. The first-order chi connectivity index (χ1) is 56.0. The number of ketones is 3. The molecule has 0 aliphatic carbocycles. The molecule has 0 radical (unpaired) electrons. The molecule has 116 heavy (non-hydrogen) atoms. The molecule has 3 fully saturated rings. The monoisotopic (exact) mass is 1580 g/mol. The Bertz CT molecular complexity index is 5230. The second kappa shape index (κ2) is 40.3. The third-order valence-corrected chi connectivity index (χ3v) is 19.3. The van der Waals surface area contributed by atoms with Crippen LogP contribution >= 0.6 is 0 Å². The number of anilines is 3. The normalized spacial score (nSPS) is 14.4. The maximum atomic E-state index is 13.3. The number of urea groups is 3. The van der Waals surface area contributed by atoms with Crippen molar-refractivity contribution in [3.8, 4) is 0 Å². The predicted octanol–water partition coefficient (Wildman–Crippen LogP) is 9.58. The first-order valence-electron chi connectivity index (χ1n) is 37.8. The van der Waals surface area contributed by atoms with Gasteiger partial charge in [-0.3, -0.25) is 52.7 Å². The van der Waals surface area contributed by atoms with Gasteiger partial charge in [0, 0.05) is 123 Å². The predicted molar refractivity (Wildman–Crippen MR) is 431 cm³/mol. The topological polar surface area (TPSA) is 407 Å². The fraction of sp³-hybridized carbons (Fsp3) is 0.298. The summed E-state index contributed by atoms with van der Waals surface area (Å²) >= 11 is 0. The van der Waals surface area contributed by atoms with Gasteiger partial charge in [0.2, 0.25) is 0 Å². The Morgan fingerprint density at radius 2 is 0.767 bits per heavy atom. The van der Waals surface area contributed by atoms with Crippen LogP contribution in [0.25, 0.3) is 43.3 Å². The highest BCUT2D eigenvalue weighted by Gasteiger charge is 2.37. The second-order valence-electron chi connectivity index (χ2n) is 26.9. The quantitative estimate of drug-likeness (QED) is 0.00945. The molecule has 0 bridgehead atoms. The number of nitrogens with zero attached hydrogens (tertiary/aromatic N) is 6. The van der Waals surface area contributed by atoms with Crippen molar-refractivity contribution in [3.63, 3.8) is 0 Å². The standard InChI is InChI=1S/C29H29N5O5.C28H31N5O6.C27H29N5O6/c1-3-39-24(35)12-15-31-29(38)33-23-11-7-10-21-22(18-32-26(21)23)27(36)28(37)34-16-13-20(14-17-34)25(30-2)19-8-5-4-6-9-19;1-3-39-23(34)12-13-29-28(38)31-22-11-7-10-20-21(16-30-24(20)22)25(35)27(37)33-15-14-32(17-18(33)2)26(36)19-8-5-4-6-9-19;1-3-38-22(33)15-29-27(37)30-21-11-7-10-19-20(14-28-23(19)21)24(34)26(36)32-13-12-31(16-17(32)2)25(35)18-8-5-4-6-9-18/h4-11,18,32H,3,12-17H2,1H3,(H2,31,33,38);4-11,16,18,30H,3,12-15,17H2,1-2H3,(H2,29,31,38);4-11,14,17,28H,3,12-13,15-16H2,1-2H3,(H2,29,30,37)/t;18-;17-/m.11/s1. The van der Waals surface area contributed by atoms with Gasteiger partial charge in [-0.05, 0) is 95.5 Å². The van der Waals surface area contributed by atoms with E-state index in [-0.39, 0.29) is 106 Å². The number of esters is 3. The van der Waals surface area contributed by atoms with Crippen LogP contribution in [0.15, 0.2) is 170 Å². The van der Waals surface area contributed by atoms with Gasteiger partial charge in [0.05, 0.1) is 89.5 Å². The zero-order valence-electron chi connectivity index (χ0n) is 64.6. The summed E-state index contributed by atoms with van der Waals surface area (Å²) in [5.74, 6) is -5.50. The van der Waals surface area contributed by atoms with Crippen molar-refractivity contribution in [1.82, 2.24) is 55.4 Å². The molecule has 0 spiro atoms. The number of H-pyrrole nitrogens is 3. The third-order valence-electron chi connectivity index (χ3n) is 19.3. The lowest BCUT2D eigenvalue weighted by Crippen LogP contribution is -2.56. The smallest absolute Gasteiger partial charge is 0.325 e. The number of ether oxygens (including phenoxy) is 3. The van der Waals surface area contributed by atoms with Crippen LogP contribution in [0.4, 0.5) is 31.4 Å². The molecule has 32 nitrogen and oxygen atoms in total. The number of carbonyl (C=O) groups is 14. The molecule has 6 heterocycles. The lowest BCUT2D eigenvalue weighted by Gasteiger charge is -2.39. The number of Topliss-reactive ketones (excluding diaryl/α,β-unsaturated/α-hetero) is 3. The highest BCUT2D eigenvalue weighted by Crippen LogP contribution is 2.32. The molecular weight excluding hydrogens is 1490 g/mol. The van der Waals surface area contributed by atoms with Gasteiger partial charge in [-0.15, -0.1) is 0 Å². The van der Waals surface area contributed by atoms with Gasteiger partial charge >= 0.3 is 36.0 Å². The van der Waals surface area contributed by atoms with Crippen molar-refractivity contribution < 1.29 is 81.3 Å². The molecule has 11 amide bonds. The van der Waals surface area contributed by atoms with Crippen molar-refractivity contribution in [3.05, 3.63) is 215 Å². The third kappa shape index (κ3) is 21.1. The minimum atomic E-state index is -0.685. The molecule has 6 aromatic carbocycles. The van der Waals surface area contributed by atoms with Gasteiger partial charge in [0.25, 0.3) is 46.9 Å². The molecule has 602 valence electrons. The summed E-state index contributed by atoms with van der Waals surface area (Å²) in [5.41, 5.74) is 6.84. The van der Waals surface area contributed by atoms with Crippen LogP contribution in [0, 0.1) is 6.57 Å². The Morgan fingerprint density at radius 3 is 1.13 bits per heavy atom. The molecule has 2 atom stereocenters. The molecule has 3 aliphatic heterocycles. The first-order valence-corrected chi connectivity index (χ1v) is 37.8. The van der Waals surface area contributed by atoms with E-state index < -0.39 is 71.1 Å². The Hall–Kier alpha value is -14.3. The van der Waals surface area contributed by atoms with Crippen molar-refractivity contribution in [2.24, 2.45) is 0 Å². The number of hydrogen-bond acceptors (Lipinski definition) is 17. The van der Waals surface area contributed by atoms with Crippen molar-refractivity contribution >= 4 is 138 Å². The number of carbonyl (C=O) groups excluding carboxylic acids is 14. The van der Waals surface area contributed by atoms with Gasteiger partial charge in [-0.1, -0.05) is 109 Å². The Kier molecular flexibility index (Phi) is 29.2. The van der Waals surface area contributed by atoms with Crippen LogP contribution in [-0.2, 0) is 43.0 Å². The molecule has 9 aromatic rings. The molecular formula is C84H89N15O17. The average molecular weight is 1580 g/mol. The van der Waals surface area contributed by atoms with Gasteiger partial charge in [-0.2, -0.15) is 0 Å². The van der Waals surface area contributed by atoms with Gasteiger partial charge in [-0.25, -0.2) is 19.2 Å². The second-order valence-corrected chi connectivity index (χ2v) is 26.9. The van der Waals surface area contributed by atoms with Gasteiger partial charge in [0.1, 0.15) is 6.54 Å². The number of aromatic nitrogens is 3. The van der Waals surface area contributed by atoms with E-state index in [1.807, 2.05) is 56.3 Å². The molecule has 9 N–H and O–H groups in total. The van der Waals surface area contributed by atoms with Crippen LogP contribution in [0.2, 0.25) is 0 Å². The fourth-order valence-electron chi connectivity index (χ4n) is 13.6.